The average Bonchev–Trinajstić information content (AvgIpc) is 1.69. The Morgan fingerprint density at radius 2 is 1.83 bits per heavy atom. The molecule has 36 valence electrons. The zero-order valence-corrected chi connectivity index (χ0v) is 5.27. The molecule has 1 rings (SSSR count). The Kier molecular flexibility index (Phi) is 1.30. The van der Waals surface area contributed by atoms with Crippen LogP contribution in [0.25, 0.3) is 0 Å². The molecular weight excluding hydrogens is 88.1 g/mol. The first-order chi connectivity index (χ1) is 3.39. The summed E-state index contributed by atoms with van der Waals surface area (Å²) in [6, 6.07) is 2.58. The minimum Gasteiger partial charge on any atom is -0.0628 e. The summed E-state index contributed by atoms with van der Waals surface area (Å²) in [5.74, 6) is 0. The summed E-state index contributed by atoms with van der Waals surface area (Å²) in [4.78, 5) is 0. The molecule has 0 aromatic heterocycles. The molecule has 0 aromatic rings. The first-order valence-corrected chi connectivity index (χ1v) is 4.45. The van der Waals surface area contributed by atoms with Crippen molar-refractivity contribution in [2.75, 3.05) is 0 Å². The highest BCUT2D eigenvalue weighted by Gasteiger charge is 1.96. The molecule has 0 spiro atoms. The zero-order valence-electron chi connectivity index (χ0n) is 5.11. The summed E-state index contributed by atoms with van der Waals surface area (Å²) in [5, 5.41) is 0. The SMILES string of the molecule is [2H][SiH]1CCCCC1. The maximum Gasteiger partial charge on any atom is 0.0197 e. The van der Waals surface area contributed by atoms with E-state index in [4.69, 9.17) is 1.23 Å². The van der Waals surface area contributed by atoms with E-state index in [1.54, 1.807) is 0 Å². The van der Waals surface area contributed by atoms with E-state index < -0.39 is 9.45 Å². The largest absolute Gasteiger partial charge is 0.0628 e. The second kappa shape index (κ2) is 2.40. The van der Waals surface area contributed by atoms with Crippen LogP contribution >= 0.6 is 0 Å². The van der Waals surface area contributed by atoms with Gasteiger partial charge in [-0.25, -0.2) is 0 Å². The average molecular weight is 101 g/mol. The van der Waals surface area contributed by atoms with Gasteiger partial charge in [0.15, 0.2) is 0 Å². The van der Waals surface area contributed by atoms with Crippen LogP contribution in [0.1, 0.15) is 19.3 Å². The Morgan fingerprint density at radius 3 is 2.17 bits per heavy atom. The van der Waals surface area contributed by atoms with Gasteiger partial charge in [-0.1, -0.05) is 31.4 Å². The fraction of sp³-hybridized carbons (Fsp3) is 1.00. The molecule has 1 heteroatoms. The van der Waals surface area contributed by atoms with Crippen molar-refractivity contribution < 1.29 is 0 Å². The Bertz CT molecular complexity index is 50.0. The second-order valence-corrected chi connectivity index (χ2v) is 3.66. The minimum atomic E-state index is -0.845. The predicted molar refractivity (Wildman–Crippen MR) is 32.0 cm³/mol. The Morgan fingerprint density at radius 1 is 1.17 bits per heavy atom. The van der Waals surface area contributed by atoms with E-state index in [2.05, 4.69) is 0 Å². The van der Waals surface area contributed by atoms with Gasteiger partial charge in [0, 0.05) is 10.7 Å². The summed E-state index contributed by atoms with van der Waals surface area (Å²) < 4.78 is 7.41. The maximum atomic E-state index is 7.41. The number of hydrogen-bond donors (Lipinski definition) is 0. The van der Waals surface area contributed by atoms with E-state index in [1.165, 1.54) is 31.4 Å². The zero-order chi connectivity index (χ0) is 5.11. The topological polar surface area (TPSA) is 0 Å². The molecule has 1 aliphatic rings. The van der Waals surface area contributed by atoms with Crippen LogP contribution in [0.3, 0.4) is 0 Å². The summed E-state index contributed by atoms with van der Waals surface area (Å²) in [6.45, 7) is 0. The molecule has 0 bridgehead atoms. The fourth-order valence-electron chi connectivity index (χ4n) is 0.898. The lowest BCUT2D eigenvalue weighted by molar-refractivity contribution is 0.734. The predicted octanol–water partition coefficient (Wildman–Crippen LogP) is 1.18. The molecule has 1 fully saturated rings. The van der Waals surface area contributed by atoms with Crippen LogP contribution in [0, 0.1) is 0 Å². The highest BCUT2D eigenvalue weighted by Crippen LogP contribution is 2.10. The van der Waals surface area contributed by atoms with Gasteiger partial charge in [-0.15, -0.1) is 0 Å². The van der Waals surface area contributed by atoms with Crippen LogP contribution in [0.4, 0.5) is 0 Å². The minimum absolute atomic E-state index is 0.845. The lowest BCUT2D eigenvalue weighted by Crippen LogP contribution is -1.94. The van der Waals surface area contributed by atoms with E-state index >= 15 is 0 Å². The summed E-state index contributed by atoms with van der Waals surface area (Å²) in [6.07, 6.45) is 4.13. The third-order valence-electron chi connectivity index (χ3n) is 1.32. The van der Waals surface area contributed by atoms with Crippen LogP contribution in [-0.2, 0) is 0 Å². The third-order valence-corrected chi connectivity index (χ3v) is 2.95. The van der Waals surface area contributed by atoms with Crippen molar-refractivity contribution in [3.05, 3.63) is 0 Å². The standard InChI is InChI=1S/C5H12Si/c1-2-4-6-5-3-1/h1-6H2/i6D. The fourth-order valence-corrected chi connectivity index (χ4v) is 2.34. The van der Waals surface area contributed by atoms with Gasteiger partial charge in [0.2, 0.25) is 0 Å². The van der Waals surface area contributed by atoms with Crippen LogP contribution in [-0.4, -0.2) is 10.7 Å². The molecule has 0 nitrogen and oxygen atoms in total. The molecule has 0 saturated carbocycles. The second-order valence-electron chi connectivity index (χ2n) is 1.93. The van der Waals surface area contributed by atoms with Crippen LogP contribution in [0.2, 0.25) is 12.1 Å². The molecule has 0 amide bonds. The van der Waals surface area contributed by atoms with Gasteiger partial charge in [-0.2, -0.15) is 0 Å². The van der Waals surface area contributed by atoms with Crippen molar-refractivity contribution in [2.45, 2.75) is 31.4 Å². The van der Waals surface area contributed by atoms with Crippen molar-refractivity contribution in [1.82, 2.24) is 0 Å². The molecule has 0 atom stereocenters. The van der Waals surface area contributed by atoms with E-state index in [0.29, 0.717) is 0 Å². The molecule has 0 N–H and O–H groups in total. The van der Waals surface area contributed by atoms with Gasteiger partial charge >= 0.3 is 0 Å². The maximum absolute atomic E-state index is 7.41. The van der Waals surface area contributed by atoms with Gasteiger partial charge in [-0.05, 0) is 0 Å². The molecule has 1 heterocycles. The van der Waals surface area contributed by atoms with Gasteiger partial charge in [0.1, 0.15) is 0 Å². The molecule has 0 aliphatic carbocycles. The van der Waals surface area contributed by atoms with E-state index in [0.717, 1.165) is 0 Å². The molecule has 0 unspecified atom stereocenters. The quantitative estimate of drug-likeness (QED) is 0.402. The van der Waals surface area contributed by atoms with E-state index in [9.17, 15) is 0 Å². The molecule has 1 aliphatic heterocycles. The summed E-state index contributed by atoms with van der Waals surface area (Å²) in [5.41, 5.74) is 0. The van der Waals surface area contributed by atoms with Crippen molar-refractivity contribution in [2.24, 2.45) is 0 Å². The summed E-state index contributed by atoms with van der Waals surface area (Å²) in [7, 11) is -0.845. The molecule has 6 heavy (non-hydrogen) atoms. The molecule has 1 saturated heterocycles. The Labute approximate surface area is 43.0 Å². The van der Waals surface area contributed by atoms with Crippen molar-refractivity contribution in [1.29, 1.82) is 1.23 Å². The lowest BCUT2D eigenvalue weighted by atomic mass is 10.3. The Hall–Kier alpha value is 0.217. The van der Waals surface area contributed by atoms with Gasteiger partial charge < -0.3 is 0 Å². The normalized spacial score (nSPS) is 29.7. The van der Waals surface area contributed by atoms with Gasteiger partial charge in [-0.3, -0.25) is 0 Å². The van der Waals surface area contributed by atoms with Crippen molar-refractivity contribution >= 4 is 9.45 Å². The van der Waals surface area contributed by atoms with E-state index in [-0.39, 0.29) is 0 Å². The highest BCUT2D eigenvalue weighted by molar-refractivity contribution is 6.35. The lowest BCUT2D eigenvalue weighted by Gasteiger charge is -2.04. The monoisotopic (exact) mass is 101 g/mol. The molecule has 0 aromatic carbocycles. The number of rotatable bonds is 0. The van der Waals surface area contributed by atoms with E-state index in [1.807, 2.05) is 0 Å². The van der Waals surface area contributed by atoms with Crippen molar-refractivity contribution in [3.63, 3.8) is 0 Å². The van der Waals surface area contributed by atoms with Crippen molar-refractivity contribution in [3.8, 4) is 0 Å². The number of hydrogen-bond acceptors (Lipinski definition) is 0. The summed E-state index contributed by atoms with van der Waals surface area (Å²) >= 11 is 0. The smallest absolute Gasteiger partial charge is 0.0197 e. The first-order valence-electron chi connectivity index (χ1n) is 3.39. The Balaban J connectivity index is 2.12. The van der Waals surface area contributed by atoms with Gasteiger partial charge in [0.25, 0.3) is 0 Å². The van der Waals surface area contributed by atoms with Crippen LogP contribution < -0.4 is 0 Å². The highest BCUT2D eigenvalue weighted by atomic mass is 28.2. The third kappa shape index (κ3) is 1.13. The molecule has 0 radical (unpaired) electrons. The molecular formula is C5H12Si. The van der Waals surface area contributed by atoms with Crippen LogP contribution in [0.15, 0.2) is 0 Å². The van der Waals surface area contributed by atoms with Crippen LogP contribution in [0.5, 0.6) is 0 Å². The first kappa shape index (κ1) is 3.25. The van der Waals surface area contributed by atoms with Gasteiger partial charge in [0.05, 0.1) is 0 Å².